The molecule has 1 aliphatic heterocycles. The van der Waals surface area contributed by atoms with Crippen molar-refractivity contribution in [2.45, 2.75) is 58.0 Å². The topological polar surface area (TPSA) is 214 Å². The van der Waals surface area contributed by atoms with Crippen LogP contribution in [0.3, 0.4) is 0 Å². The van der Waals surface area contributed by atoms with E-state index in [1.54, 1.807) is 35.6 Å². The Morgan fingerprint density at radius 3 is 2.10 bits per heavy atom. The number of benzene rings is 4. The van der Waals surface area contributed by atoms with Gasteiger partial charge in [0.05, 0.1) is 51.8 Å². The van der Waals surface area contributed by atoms with Gasteiger partial charge in [-0.15, -0.1) is 21.5 Å². The summed E-state index contributed by atoms with van der Waals surface area (Å²) in [6.07, 6.45) is -1.20. The van der Waals surface area contributed by atoms with Crippen molar-refractivity contribution >= 4 is 58.2 Å². The highest BCUT2D eigenvalue weighted by molar-refractivity contribution is 7.15. The van der Waals surface area contributed by atoms with Crippen molar-refractivity contribution in [3.63, 3.8) is 0 Å². The lowest BCUT2D eigenvalue weighted by Gasteiger charge is -2.19. The molecule has 0 spiro atoms. The molecule has 72 heavy (non-hydrogen) atoms. The quantitative estimate of drug-likeness (QED) is 0.0423. The first-order valence-corrected chi connectivity index (χ1v) is 24.9. The molecule has 2 aromatic heterocycles. The van der Waals surface area contributed by atoms with Gasteiger partial charge in [-0.1, -0.05) is 72.3 Å². The molecule has 0 bridgehead atoms. The molecule has 0 saturated carbocycles. The van der Waals surface area contributed by atoms with E-state index in [2.05, 4.69) is 40.0 Å². The van der Waals surface area contributed by atoms with Gasteiger partial charge in [-0.05, 0) is 91.4 Å². The SMILES string of the molecule is Cc1sc2c(c1C)C(c1ccc(Cl)cc1)=N[C@@H](CC(=O)Nc1ccc(OCCOCCOCCOCCNC(=O)[C@@H](CCC(=O)O)NC(=O)OCC3c4ccccc4-c4ccccc43)cc1)c1nnc(C)n1-2. The van der Waals surface area contributed by atoms with Crippen molar-refractivity contribution in [2.24, 2.45) is 4.99 Å². The van der Waals surface area contributed by atoms with E-state index in [4.69, 9.17) is 40.3 Å². The molecule has 1 aliphatic carbocycles. The summed E-state index contributed by atoms with van der Waals surface area (Å²) in [5, 5.41) is 27.9. The number of thiophene rings is 1. The predicted molar refractivity (Wildman–Crippen MR) is 273 cm³/mol. The van der Waals surface area contributed by atoms with Gasteiger partial charge < -0.3 is 44.7 Å². The van der Waals surface area contributed by atoms with Crippen LogP contribution in [0, 0.1) is 20.8 Å². The summed E-state index contributed by atoms with van der Waals surface area (Å²) < 4.78 is 30.2. The number of nitrogens with zero attached hydrogens (tertiary/aromatic N) is 4. The summed E-state index contributed by atoms with van der Waals surface area (Å²) in [7, 11) is 0. The number of carboxylic acids is 1. The first-order chi connectivity index (χ1) is 34.9. The Kier molecular flexibility index (Phi) is 17.4. The molecule has 6 aromatic rings. The molecule has 376 valence electrons. The lowest BCUT2D eigenvalue weighted by Crippen LogP contribution is -2.48. The van der Waals surface area contributed by atoms with Crippen LogP contribution in [0.25, 0.3) is 16.1 Å². The third-order valence-corrected chi connectivity index (χ3v) is 13.7. The Morgan fingerprint density at radius 2 is 1.43 bits per heavy atom. The predicted octanol–water partition coefficient (Wildman–Crippen LogP) is 8.15. The molecule has 19 heteroatoms. The largest absolute Gasteiger partial charge is 0.491 e. The minimum atomic E-state index is -1.11. The van der Waals surface area contributed by atoms with E-state index < -0.39 is 30.1 Å². The van der Waals surface area contributed by atoms with Gasteiger partial charge in [0.1, 0.15) is 41.9 Å². The minimum absolute atomic E-state index is 0.0436. The number of carbonyl (C=O) groups excluding carboxylic acids is 3. The third-order valence-electron chi connectivity index (χ3n) is 12.3. The second-order valence-corrected chi connectivity index (χ2v) is 18.8. The molecule has 0 fully saturated rings. The summed E-state index contributed by atoms with van der Waals surface area (Å²) in [4.78, 5) is 57.0. The smallest absolute Gasteiger partial charge is 0.407 e. The maximum atomic E-state index is 13.5. The van der Waals surface area contributed by atoms with Gasteiger partial charge in [-0.2, -0.15) is 0 Å². The van der Waals surface area contributed by atoms with Gasteiger partial charge in [0.25, 0.3) is 0 Å². The maximum Gasteiger partial charge on any atom is 0.407 e. The highest BCUT2D eigenvalue weighted by Crippen LogP contribution is 2.45. The Labute approximate surface area is 425 Å². The van der Waals surface area contributed by atoms with Gasteiger partial charge in [0.15, 0.2) is 5.82 Å². The molecular formula is C53H56ClN7O10S. The standard InChI is InChI=1S/C53H56ClN7O10S/c1-32-33(2)72-52-48(32)49(35-12-14-36(54)15-13-35)57-45(50-60-59-34(3)61(50)52)30-46(62)56-37-16-18-38(19-17-37)70-29-28-69-27-26-68-25-24-67-23-22-55-51(65)44(20-21-47(63)64)58-53(66)71-31-43-41-10-6-4-8-39(41)40-9-5-7-11-42(40)43/h4-19,43-45H,20-31H2,1-3H3,(H,55,65)(H,56,62)(H,58,66)(H,63,64)/t44-,45+/m1/s1. The Balaban J connectivity index is 0.689. The van der Waals surface area contributed by atoms with Crippen molar-refractivity contribution in [1.82, 2.24) is 25.4 Å². The summed E-state index contributed by atoms with van der Waals surface area (Å²) in [5.74, 6) is -0.0894. The number of hydrogen-bond donors (Lipinski definition) is 4. The van der Waals surface area contributed by atoms with Crippen LogP contribution in [0.4, 0.5) is 10.5 Å². The van der Waals surface area contributed by atoms with Crippen LogP contribution >= 0.6 is 22.9 Å². The Morgan fingerprint density at radius 1 is 0.792 bits per heavy atom. The number of aryl methyl sites for hydroxylation is 2. The fraction of sp³-hybridized carbons (Fsp3) is 0.340. The van der Waals surface area contributed by atoms with Crippen molar-refractivity contribution < 1.29 is 48.0 Å². The molecule has 2 atom stereocenters. The van der Waals surface area contributed by atoms with Gasteiger partial charge in [-0.25, -0.2) is 4.79 Å². The number of fused-ring (bicyclic) bond motifs is 6. The van der Waals surface area contributed by atoms with Crippen LogP contribution in [-0.4, -0.2) is 115 Å². The lowest BCUT2D eigenvalue weighted by atomic mass is 9.98. The average molecular weight is 1020 g/mol. The molecule has 17 nitrogen and oxygen atoms in total. The maximum absolute atomic E-state index is 13.5. The zero-order chi connectivity index (χ0) is 50.6. The van der Waals surface area contributed by atoms with Crippen LogP contribution in [0.2, 0.25) is 5.02 Å². The van der Waals surface area contributed by atoms with E-state index in [0.29, 0.717) is 55.3 Å². The number of ether oxygens (including phenoxy) is 5. The molecule has 0 radical (unpaired) electrons. The van der Waals surface area contributed by atoms with Gasteiger partial charge >= 0.3 is 12.1 Å². The zero-order valence-electron chi connectivity index (χ0n) is 40.2. The number of amides is 3. The molecule has 4 N–H and O–H groups in total. The van der Waals surface area contributed by atoms with Crippen LogP contribution < -0.4 is 20.7 Å². The number of aromatic nitrogens is 3. The van der Waals surface area contributed by atoms with Crippen LogP contribution in [-0.2, 0) is 33.3 Å². The number of aliphatic imine (C=N–C) groups is 1. The number of halogens is 1. The van der Waals surface area contributed by atoms with Crippen LogP contribution in [0.5, 0.6) is 5.75 Å². The number of nitrogens with one attached hydrogen (secondary N) is 3. The zero-order valence-corrected chi connectivity index (χ0v) is 41.7. The average Bonchev–Trinajstić information content (AvgIpc) is 3.98. The number of hydrogen-bond acceptors (Lipinski definition) is 13. The lowest BCUT2D eigenvalue weighted by molar-refractivity contribution is -0.137. The van der Waals surface area contributed by atoms with Gasteiger partial charge in [0.2, 0.25) is 11.8 Å². The molecular weight excluding hydrogens is 962 g/mol. The van der Waals surface area contributed by atoms with Gasteiger partial charge in [0, 0.05) is 45.6 Å². The molecule has 2 aliphatic rings. The summed E-state index contributed by atoms with van der Waals surface area (Å²) in [5.41, 5.74) is 8.67. The molecule has 3 heterocycles. The molecule has 8 rings (SSSR count). The Hall–Kier alpha value is -6.96. The Bertz CT molecular complexity index is 2860. The second-order valence-electron chi connectivity index (χ2n) is 17.1. The summed E-state index contributed by atoms with van der Waals surface area (Å²) >= 11 is 7.90. The van der Waals surface area contributed by atoms with E-state index in [1.165, 1.54) is 0 Å². The first-order valence-electron chi connectivity index (χ1n) is 23.7. The number of aliphatic carboxylic acids is 1. The molecule has 4 aromatic carbocycles. The summed E-state index contributed by atoms with van der Waals surface area (Å²) in [6, 6.07) is 28.8. The van der Waals surface area contributed by atoms with Crippen LogP contribution in [0.15, 0.2) is 102 Å². The number of alkyl carbamates (subject to hydrolysis) is 1. The van der Waals surface area contributed by atoms with E-state index in [1.807, 2.05) is 84.3 Å². The minimum Gasteiger partial charge on any atom is -0.491 e. The molecule has 0 unspecified atom stereocenters. The number of rotatable bonds is 24. The second kappa shape index (κ2) is 24.4. The molecule has 0 saturated heterocycles. The normalized spacial score (nSPS) is 13.9. The summed E-state index contributed by atoms with van der Waals surface area (Å²) in [6.45, 7) is 8.33. The van der Waals surface area contributed by atoms with E-state index in [-0.39, 0.29) is 57.5 Å². The highest BCUT2D eigenvalue weighted by Gasteiger charge is 2.33. The number of carboxylic acid groups (broad SMARTS) is 1. The fourth-order valence-electron chi connectivity index (χ4n) is 8.60. The van der Waals surface area contributed by atoms with Gasteiger partial charge in [-0.3, -0.25) is 23.9 Å². The fourth-order valence-corrected chi connectivity index (χ4v) is 9.94. The van der Waals surface area contributed by atoms with E-state index in [9.17, 15) is 24.3 Å². The van der Waals surface area contributed by atoms with E-state index >= 15 is 0 Å². The highest BCUT2D eigenvalue weighted by atomic mass is 35.5. The first kappa shape index (κ1) is 51.4. The van der Waals surface area contributed by atoms with Crippen LogP contribution in [0.1, 0.15) is 75.6 Å². The van der Waals surface area contributed by atoms with E-state index in [0.717, 1.165) is 60.4 Å². The van der Waals surface area contributed by atoms with Crippen molar-refractivity contribution in [2.75, 3.05) is 64.7 Å². The number of carbonyl (C=O) groups is 4. The van der Waals surface area contributed by atoms with Crippen molar-refractivity contribution in [3.05, 3.63) is 146 Å². The van der Waals surface area contributed by atoms with Crippen molar-refractivity contribution in [3.8, 4) is 21.9 Å². The monoisotopic (exact) mass is 1020 g/mol. The number of anilines is 1. The van der Waals surface area contributed by atoms with Crippen molar-refractivity contribution in [1.29, 1.82) is 0 Å². The molecule has 3 amide bonds. The third kappa shape index (κ3) is 12.7.